The first-order valence-electron chi connectivity index (χ1n) is 12.9. The van der Waals surface area contributed by atoms with Crippen molar-refractivity contribution < 1.29 is 22.7 Å². The number of hydrogen-bond donors (Lipinski definition) is 1. The molecule has 42 heavy (non-hydrogen) atoms. The molecule has 10 nitrogen and oxygen atoms in total. The van der Waals surface area contributed by atoms with E-state index in [1.54, 1.807) is 10.6 Å². The number of alkyl halides is 3. The van der Waals surface area contributed by atoms with E-state index in [0.29, 0.717) is 30.2 Å². The average molecular weight is 575 g/mol. The minimum absolute atomic E-state index is 0.113. The Labute approximate surface area is 239 Å². The van der Waals surface area contributed by atoms with Crippen molar-refractivity contribution in [3.8, 4) is 23.8 Å². The van der Waals surface area contributed by atoms with Gasteiger partial charge in [-0.25, -0.2) is 4.98 Å². The van der Waals surface area contributed by atoms with Crippen LogP contribution in [0.4, 0.5) is 18.9 Å². The predicted octanol–water partition coefficient (Wildman–Crippen LogP) is 3.42. The topological polar surface area (TPSA) is 112 Å². The van der Waals surface area contributed by atoms with E-state index < -0.39 is 17.6 Å². The van der Waals surface area contributed by atoms with Crippen molar-refractivity contribution in [1.29, 1.82) is 5.26 Å². The molecule has 13 heteroatoms. The van der Waals surface area contributed by atoms with Crippen LogP contribution in [0.3, 0.4) is 0 Å². The van der Waals surface area contributed by atoms with Crippen LogP contribution in [0.2, 0.25) is 0 Å². The number of likely N-dealkylation sites (N-methyl/N-ethyl adjacent to an activating group) is 1. The molecule has 1 amide bonds. The molecule has 2 aromatic carbocycles. The molecule has 214 valence electrons. The largest absolute Gasteiger partial charge is 0.480 e. The van der Waals surface area contributed by atoms with Crippen LogP contribution in [0.5, 0.6) is 5.88 Å². The number of carbonyl (C=O) groups is 1. The quantitative estimate of drug-likeness (QED) is 0.361. The van der Waals surface area contributed by atoms with Gasteiger partial charge >= 0.3 is 6.18 Å². The maximum Gasteiger partial charge on any atom is 0.416 e. The highest BCUT2D eigenvalue weighted by Gasteiger charge is 2.34. The van der Waals surface area contributed by atoms with Crippen molar-refractivity contribution in [2.24, 2.45) is 0 Å². The van der Waals surface area contributed by atoms with E-state index in [1.807, 2.05) is 18.0 Å². The maximum absolute atomic E-state index is 14.0. The molecule has 1 aliphatic heterocycles. The highest BCUT2D eigenvalue weighted by Crippen LogP contribution is 2.34. The number of halogens is 3. The summed E-state index contributed by atoms with van der Waals surface area (Å²) in [5.74, 6) is 5.63. The Balaban J connectivity index is 1.38. The van der Waals surface area contributed by atoms with Gasteiger partial charge in [-0.3, -0.25) is 14.1 Å². The number of nitrogens with one attached hydrogen (secondary N) is 1. The summed E-state index contributed by atoms with van der Waals surface area (Å²) >= 11 is 0. The number of piperazine rings is 1. The van der Waals surface area contributed by atoms with E-state index in [9.17, 15) is 23.2 Å². The number of ether oxygens (including phenoxy) is 1. The van der Waals surface area contributed by atoms with Gasteiger partial charge in [-0.05, 0) is 48.9 Å². The summed E-state index contributed by atoms with van der Waals surface area (Å²) in [6.07, 6.45) is -1.58. The van der Waals surface area contributed by atoms with Crippen LogP contribution in [-0.2, 0) is 12.7 Å². The van der Waals surface area contributed by atoms with Gasteiger partial charge in [0.15, 0.2) is 5.65 Å². The van der Waals surface area contributed by atoms with Gasteiger partial charge in [0.2, 0.25) is 11.7 Å². The summed E-state index contributed by atoms with van der Waals surface area (Å²) in [4.78, 5) is 21.2. The zero-order valence-corrected chi connectivity index (χ0v) is 22.7. The zero-order valence-electron chi connectivity index (χ0n) is 22.7. The molecular weight excluding hydrogens is 549 g/mol. The number of anilines is 1. The number of methoxy groups -OCH3 is 1. The van der Waals surface area contributed by atoms with Crippen molar-refractivity contribution in [1.82, 2.24) is 29.4 Å². The van der Waals surface area contributed by atoms with Crippen LogP contribution in [0.1, 0.15) is 38.4 Å². The van der Waals surface area contributed by atoms with Crippen molar-refractivity contribution in [3.05, 3.63) is 82.4 Å². The van der Waals surface area contributed by atoms with Crippen LogP contribution in [0.25, 0.3) is 5.65 Å². The molecule has 1 saturated heterocycles. The summed E-state index contributed by atoms with van der Waals surface area (Å²) in [5, 5.41) is 20.1. The van der Waals surface area contributed by atoms with E-state index in [-0.39, 0.29) is 34.7 Å². The SMILES string of the molecule is COc1cn2c(C#Cc3cc(C#N)cc(NC(=O)c4ccc(CN5CCN(C)CC5)c(C(F)(F)F)c4)c3)nnc2cn1. The number of amides is 1. The summed E-state index contributed by atoms with van der Waals surface area (Å²) < 4.78 is 48.7. The van der Waals surface area contributed by atoms with Crippen molar-refractivity contribution >= 4 is 17.2 Å². The molecule has 1 fully saturated rings. The van der Waals surface area contributed by atoms with Crippen LogP contribution in [0.15, 0.2) is 48.8 Å². The van der Waals surface area contributed by atoms with Crippen LogP contribution in [-0.4, -0.2) is 75.6 Å². The van der Waals surface area contributed by atoms with Gasteiger partial charge in [-0.2, -0.15) is 18.4 Å². The molecule has 5 rings (SSSR count). The Kier molecular flexibility index (Phi) is 8.06. The maximum atomic E-state index is 14.0. The third kappa shape index (κ3) is 6.49. The first-order chi connectivity index (χ1) is 20.1. The van der Waals surface area contributed by atoms with Crippen molar-refractivity contribution in [2.75, 3.05) is 45.7 Å². The van der Waals surface area contributed by atoms with Gasteiger partial charge in [-0.15, -0.1) is 10.2 Å². The smallest absolute Gasteiger partial charge is 0.416 e. The van der Waals surface area contributed by atoms with E-state index in [2.05, 4.69) is 37.2 Å². The van der Waals surface area contributed by atoms with Gasteiger partial charge in [-0.1, -0.05) is 12.0 Å². The van der Waals surface area contributed by atoms with E-state index in [1.165, 1.54) is 43.6 Å². The molecule has 0 aliphatic carbocycles. The normalized spacial score (nSPS) is 14.2. The summed E-state index contributed by atoms with van der Waals surface area (Å²) in [6, 6.07) is 10.1. The third-order valence-corrected chi connectivity index (χ3v) is 6.78. The lowest BCUT2D eigenvalue weighted by Crippen LogP contribution is -2.44. The number of rotatable bonds is 5. The molecule has 0 unspecified atom stereocenters. The number of nitriles is 1. The highest BCUT2D eigenvalue weighted by atomic mass is 19.4. The number of nitrogens with zero attached hydrogens (tertiary/aromatic N) is 7. The summed E-state index contributed by atoms with van der Waals surface area (Å²) in [5.41, 5.74) is 0.341. The van der Waals surface area contributed by atoms with Gasteiger partial charge < -0.3 is 15.0 Å². The van der Waals surface area contributed by atoms with Crippen LogP contribution < -0.4 is 10.1 Å². The molecule has 0 saturated carbocycles. The highest BCUT2D eigenvalue weighted by molar-refractivity contribution is 6.04. The number of fused-ring (bicyclic) bond motifs is 1. The van der Waals surface area contributed by atoms with Crippen molar-refractivity contribution in [2.45, 2.75) is 12.7 Å². The van der Waals surface area contributed by atoms with Gasteiger partial charge in [0.05, 0.1) is 36.7 Å². The first-order valence-corrected chi connectivity index (χ1v) is 12.9. The first kappa shape index (κ1) is 28.5. The van der Waals surface area contributed by atoms with E-state index >= 15 is 0 Å². The fourth-order valence-corrected chi connectivity index (χ4v) is 4.51. The third-order valence-electron chi connectivity index (χ3n) is 6.78. The molecule has 0 radical (unpaired) electrons. The molecule has 0 bridgehead atoms. The molecule has 1 N–H and O–H groups in total. The van der Waals surface area contributed by atoms with Crippen LogP contribution >= 0.6 is 0 Å². The Morgan fingerprint density at radius 1 is 1.07 bits per heavy atom. The second kappa shape index (κ2) is 11.9. The summed E-state index contributed by atoms with van der Waals surface area (Å²) in [7, 11) is 3.45. The Bertz CT molecular complexity index is 1740. The second-order valence-corrected chi connectivity index (χ2v) is 9.75. The van der Waals surface area contributed by atoms with E-state index in [0.717, 1.165) is 19.2 Å². The summed E-state index contributed by atoms with van der Waals surface area (Å²) in [6.45, 7) is 3.02. The lowest BCUT2D eigenvalue weighted by Gasteiger charge is -2.33. The minimum Gasteiger partial charge on any atom is -0.480 e. The van der Waals surface area contributed by atoms with Crippen molar-refractivity contribution in [3.63, 3.8) is 0 Å². The van der Waals surface area contributed by atoms with Crippen LogP contribution in [0, 0.1) is 23.2 Å². The molecule has 0 atom stereocenters. The minimum atomic E-state index is -4.63. The Hall–Kier alpha value is -4.98. The zero-order chi connectivity index (χ0) is 29.9. The fraction of sp³-hybridized carbons (Fsp3) is 0.276. The number of carbonyl (C=O) groups excluding carboxylic acids is 1. The molecule has 4 aromatic rings. The lowest BCUT2D eigenvalue weighted by molar-refractivity contribution is -0.138. The Morgan fingerprint density at radius 2 is 1.83 bits per heavy atom. The van der Waals surface area contributed by atoms with Gasteiger partial charge in [0.1, 0.15) is 0 Å². The van der Waals surface area contributed by atoms with Gasteiger partial charge in [0.25, 0.3) is 5.91 Å². The second-order valence-electron chi connectivity index (χ2n) is 9.75. The Morgan fingerprint density at radius 3 is 2.55 bits per heavy atom. The predicted molar refractivity (Wildman–Crippen MR) is 147 cm³/mol. The molecule has 2 aromatic heterocycles. The standard InChI is InChI=1S/C29H25F3N8O2/c1-38-7-9-39(10-8-38)17-22-5-4-21(14-24(22)29(30,31)32)28(41)35-23-12-19(11-20(13-23)15-33)3-6-25-36-37-26-16-34-27(42-2)18-40(25)26/h4-5,11-14,16,18H,7-10,17H2,1-2H3,(H,35,41). The van der Waals surface area contributed by atoms with Gasteiger partial charge in [0, 0.05) is 49.5 Å². The monoisotopic (exact) mass is 574 g/mol. The lowest BCUT2D eigenvalue weighted by atomic mass is 10.0. The molecule has 3 heterocycles. The fourth-order valence-electron chi connectivity index (χ4n) is 4.51. The van der Waals surface area contributed by atoms with E-state index in [4.69, 9.17) is 4.74 Å². The average Bonchev–Trinajstić information content (AvgIpc) is 3.38. The number of hydrogen-bond acceptors (Lipinski definition) is 8. The number of benzene rings is 2. The number of aromatic nitrogens is 4. The molecule has 1 aliphatic rings. The molecule has 0 spiro atoms. The molecular formula is C29H25F3N8O2.